The molecule has 19 aromatic rings. The van der Waals surface area contributed by atoms with Gasteiger partial charge in [0.1, 0.15) is 11.2 Å². The van der Waals surface area contributed by atoms with Crippen molar-refractivity contribution in [2.75, 3.05) is 9.80 Å². The number of furan rings is 2. The van der Waals surface area contributed by atoms with Crippen LogP contribution in [0.2, 0.25) is 0 Å². The standard InChI is InChI=1S/C86H62N4O2/c1-85(2,3)65-37-21-35-61-77-69(87(67-39-17-13-29-53(67)51-25-9-7-10-26-51)71-41-23-33-59-55-31-15-19-43-75(55)91-83(59)71)47-45-57-63-50-74-64(49-73(63)89(79(61)65)81(57)77)58-46-48-70(78-62-36-22-38-66(86(4,5)6)80(62)90(74)82(58)78)88(68-40-18-14-30-54(68)52-27-11-8-12-28-52)72-42-24-34-60-56-32-16-20-44-76(56)92-84(60)72/h7-50H,1-6H3. The molecule has 6 nitrogen and oxygen atoms in total. The van der Waals surface area contributed by atoms with Crippen LogP contribution in [0.3, 0.4) is 0 Å². The minimum Gasteiger partial charge on any atom is -0.454 e. The van der Waals surface area contributed by atoms with Gasteiger partial charge in [-0.3, -0.25) is 0 Å². The molecule has 0 N–H and O–H groups in total. The molecule has 0 atom stereocenters. The van der Waals surface area contributed by atoms with Crippen LogP contribution in [0.25, 0.3) is 142 Å². The van der Waals surface area contributed by atoms with Gasteiger partial charge in [-0.1, -0.05) is 248 Å². The van der Waals surface area contributed by atoms with Crippen LogP contribution < -0.4 is 9.80 Å². The summed E-state index contributed by atoms with van der Waals surface area (Å²) in [4.78, 5) is 4.98. The molecule has 0 saturated carbocycles. The zero-order valence-corrected chi connectivity index (χ0v) is 52.0. The Morgan fingerprint density at radius 3 is 1.07 bits per heavy atom. The van der Waals surface area contributed by atoms with Crippen molar-refractivity contribution in [1.82, 2.24) is 8.80 Å². The number of hydrogen-bond donors (Lipinski definition) is 0. The van der Waals surface area contributed by atoms with Crippen LogP contribution in [0.1, 0.15) is 52.7 Å². The average molecular weight is 1180 g/mol. The maximum Gasteiger partial charge on any atom is 0.159 e. The third-order valence-electron chi connectivity index (χ3n) is 19.8. The van der Waals surface area contributed by atoms with Gasteiger partial charge in [0.15, 0.2) is 11.2 Å². The Bertz CT molecular complexity index is 5840. The largest absolute Gasteiger partial charge is 0.454 e. The number of fused-ring (bicyclic) bond motifs is 18. The molecule has 19 rings (SSSR count). The van der Waals surface area contributed by atoms with Crippen molar-refractivity contribution < 1.29 is 8.83 Å². The van der Waals surface area contributed by atoms with Crippen molar-refractivity contribution in [3.05, 3.63) is 278 Å². The smallest absolute Gasteiger partial charge is 0.159 e. The normalized spacial score (nSPS) is 12.7. The van der Waals surface area contributed by atoms with Crippen molar-refractivity contribution in [1.29, 1.82) is 0 Å². The van der Waals surface area contributed by atoms with Crippen LogP contribution in [0.5, 0.6) is 0 Å². The summed E-state index contributed by atoms with van der Waals surface area (Å²) in [7, 11) is 0. The lowest BCUT2D eigenvalue weighted by molar-refractivity contribution is 0.594. The highest BCUT2D eigenvalue weighted by Crippen LogP contribution is 2.56. The molecular weight excluding hydrogens is 1120 g/mol. The number of anilines is 6. The number of nitrogens with zero attached hydrogens (tertiary/aromatic N) is 4. The van der Waals surface area contributed by atoms with E-state index in [0.29, 0.717) is 0 Å². The first-order chi connectivity index (χ1) is 45.0. The molecule has 0 amide bonds. The molecule has 0 aliphatic heterocycles. The monoisotopic (exact) mass is 1180 g/mol. The predicted octanol–water partition coefficient (Wildman–Crippen LogP) is 24.7. The van der Waals surface area contributed by atoms with Gasteiger partial charge >= 0.3 is 0 Å². The second-order valence-corrected chi connectivity index (χ2v) is 27.1. The maximum atomic E-state index is 7.02. The second kappa shape index (κ2) is 19.1. The van der Waals surface area contributed by atoms with E-state index in [2.05, 4.69) is 327 Å². The first-order valence-corrected chi connectivity index (χ1v) is 32.1. The fourth-order valence-corrected chi connectivity index (χ4v) is 15.9. The minimum absolute atomic E-state index is 0.201. The molecular formula is C86H62N4O2. The number of para-hydroxylation sites is 8. The zero-order valence-electron chi connectivity index (χ0n) is 52.0. The summed E-state index contributed by atoms with van der Waals surface area (Å²) in [6, 6.07) is 98.1. The van der Waals surface area contributed by atoms with Crippen LogP contribution in [-0.2, 0) is 10.8 Å². The molecule has 0 aliphatic carbocycles. The van der Waals surface area contributed by atoms with Gasteiger partial charge in [0.05, 0.1) is 67.2 Å². The Balaban J connectivity index is 0.942. The molecule has 0 spiro atoms. The van der Waals surface area contributed by atoms with Crippen LogP contribution in [0.4, 0.5) is 34.1 Å². The van der Waals surface area contributed by atoms with Crippen molar-refractivity contribution in [2.45, 2.75) is 52.4 Å². The highest BCUT2D eigenvalue weighted by atomic mass is 16.3. The molecule has 6 heteroatoms. The maximum absolute atomic E-state index is 7.02. The Hall–Kier alpha value is -11.3. The van der Waals surface area contributed by atoms with Gasteiger partial charge in [0.25, 0.3) is 0 Å². The van der Waals surface area contributed by atoms with Gasteiger partial charge in [0.2, 0.25) is 0 Å². The third-order valence-corrected chi connectivity index (χ3v) is 19.8. The van der Waals surface area contributed by atoms with E-state index in [4.69, 9.17) is 8.83 Å². The van der Waals surface area contributed by atoms with Crippen molar-refractivity contribution in [3.8, 4) is 22.3 Å². The van der Waals surface area contributed by atoms with Crippen molar-refractivity contribution >= 4 is 154 Å². The van der Waals surface area contributed by atoms with Crippen LogP contribution >= 0.6 is 0 Å². The number of rotatable bonds is 8. The first-order valence-electron chi connectivity index (χ1n) is 32.1. The quantitative estimate of drug-likeness (QED) is 0.152. The highest BCUT2D eigenvalue weighted by Gasteiger charge is 2.34. The summed E-state index contributed by atoms with van der Waals surface area (Å²) in [5.74, 6) is 0. The van der Waals surface area contributed by atoms with Gasteiger partial charge in [0, 0.05) is 75.8 Å². The van der Waals surface area contributed by atoms with Gasteiger partial charge in [-0.2, -0.15) is 0 Å². The molecule has 13 aromatic carbocycles. The van der Waals surface area contributed by atoms with E-state index >= 15 is 0 Å². The summed E-state index contributed by atoms with van der Waals surface area (Å²) in [6.45, 7) is 14.2. The Labute approximate surface area is 531 Å². The molecule has 0 fully saturated rings. The first kappa shape index (κ1) is 52.6. The Morgan fingerprint density at radius 1 is 0.272 bits per heavy atom. The van der Waals surface area contributed by atoms with E-state index in [0.717, 1.165) is 100 Å². The van der Waals surface area contributed by atoms with Crippen molar-refractivity contribution in [3.63, 3.8) is 0 Å². The van der Waals surface area contributed by atoms with E-state index in [1.54, 1.807) is 0 Å². The molecule has 6 heterocycles. The molecule has 0 saturated heterocycles. The Kier molecular flexibility index (Phi) is 10.9. The predicted molar refractivity (Wildman–Crippen MR) is 388 cm³/mol. The Morgan fingerprint density at radius 2 is 0.630 bits per heavy atom. The summed E-state index contributed by atoms with van der Waals surface area (Å²) < 4.78 is 19.3. The minimum atomic E-state index is -0.201. The highest BCUT2D eigenvalue weighted by molar-refractivity contribution is 6.33. The third kappa shape index (κ3) is 7.32. The van der Waals surface area contributed by atoms with E-state index in [1.807, 2.05) is 0 Å². The van der Waals surface area contributed by atoms with Gasteiger partial charge < -0.3 is 27.4 Å². The molecule has 0 aliphatic rings. The fourth-order valence-electron chi connectivity index (χ4n) is 15.9. The SMILES string of the molecule is CC(C)(C)c1cccc2c3c(N(c4ccccc4-c4ccccc4)c4cccc5c4oc4ccccc45)ccc4c5cc6c(cc5n(c12)c43)c1ccc(N(c2ccccc2-c2ccccc2)c2cccc3c2oc2ccccc23)c2c3cccc(C(C)(C)C)c3n6c12. The summed E-state index contributed by atoms with van der Waals surface area (Å²) >= 11 is 0. The van der Waals surface area contributed by atoms with Gasteiger partial charge in [-0.25, -0.2) is 0 Å². The molecule has 0 bridgehead atoms. The van der Waals surface area contributed by atoms with E-state index in [-0.39, 0.29) is 10.8 Å². The van der Waals surface area contributed by atoms with Crippen LogP contribution in [0.15, 0.2) is 276 Å². The topological polar surface area (TPSA) is 41.6 Å². The molecule has 6 aromatic heterocycles. The zero-order chi connectivity index (χ0) is 61.5. The summed E-state index contributed by atoms with van der Waals surface area (Å²) in [5, 5.41) is 14.0. The molecule has 0 radical (unpaired) electrons. The van der Waals surface area contributed by atoms with Gasteiger partial charge in [-0.05, 0) is 93.7 Å². The van der Waals surface area contributed by atoms with Gasteiger partial charge in [-0.15, -0.1) is 0 Å². The van der Waals surface area contributed by atoms with E-state index in [9.17, 15) is 0 Å². The fraction of sp³-hybridized carbons (Fsp3) is 0.0930. The lowest BCUT2D eigenvalue weighted by Gasteiger charge is -2.29. The number of benzene rings is 13. The van der Waals surface area contributed by atoms with Crippen molar-refractivity contribution in [2.24, 2.45) is 0 Å². The van der Waals surface area contributed by atoms with Crippen LogP contribution in [-0.4, -0.2) is 8.80 Å². The summed E-state index contributed by atoms with van der Waals surface area (Å²) in [6.07, 6.45) is 0. The number of aromatic nitrogens is 2. The summed E-state index contributed by atoms with van der Waals surface area (Å²) in [5.41, 5.74) is 23.6. The second-order valence-electron chi connectivity index (χ2n) is 27.1. The lowest BCUT2D eigenvalue weighted by atomic mass is 9.85. The average Bonchev–Trinajstić information content (AvgIpc) is 1.51. The number of hydrogen-bond acceptors (Lipinski definition) is 4. The van der Waals surface area contributed by atoms with Crippen LogP contribution in [0, 0.1) is 0 Å². The lowest BCUT2D eigenvalue weighted by Crippen LogP contribution is -2.12. The van der Waals surface area contributed by atoms with E-state index in [1.165, 1.54) is 87.3 Å². The van der Waals surface area contributed by atoms with E-state index < -0.39 is 0 Å². The molecule has 0 unspecified atom stereocenters. The molecule has 438 valence electrons. The molecule has 92 heavy (non-hydrogen) atoms.